The number of phenolic OH excluding ortho intramolecular Hbond substituents is 2. The Kier molecular flexibility index (Phi) is 4.90. The molecule has 2 aromatic rings. The third kappa shape index (κ3) is 3.73. The summed E-state index contributed by atoms with van der Waals surface area (Å²) in [4.78, 5) is 33.0. The summed E-state index contributed by atoms with van der Waals surface area (Å²) in [6, 6.07) is 7.68. The number of allylic oxidation sites excluding steroid dienone is 2. The average Bonchev–Trinajstić information content (AvgIpc) is 2.97. The predicted molar refractivity (Wildman–Crippen MR) is 99.7 cm³/mol. The van der Waals surface area contributed by atoms with E-state index in [0.717, 1.165) is 0 Å². The van der Waals surface area contributed by atoms with Crippen molar-refractivity contribution in [2.24, 2.45) is 0 Å². The zero-order valence-electron chi connectivity index (χ0n) is 14.4. The smallest absolute Gasteiger partial charge is 0.311 e. The minimum atomic E-state index is -0.711. The van der Waals surface area contributed by atoms with E-state index in [1.54, 1.807) is 0 Å². The largest absolute Gasteiger partial charge is 0.502 e. The number of aromatic hydroxyl groups is 2. The molecule has 0 atom stereocenters. The number of nitro benzene ring substituents is 2. The maximum Gasteiger partial charge on any atom is 0.311 e. The van der Waals surface area contributed by atoms with Crippen LogP contribution in [-0.4, -0.2) is 25.8 Å². The molecule has 9 nitrogen and oxygen atoms in total. The van der Waals surface area contributed by atoms with Crippen molar-refractivity contribution in [1.82, 2.24) is 0 Å². The van der Waals surface area contributed by atoms with Gasteiger partial charge in [-0.2, -0.15) is 0 Å². The van der Waals surface area contributed by atoms with Gasteiger partial charge >= 0.3 is 11.4 Å². The lowest BCUT2D eigenvalue weighted by Gasteiger charge is -2.00. The molecule has 1 fully saturated rings. The van der Waals surface area contributed by atoms with E-state index in [4.69, 9.17) is 0 Å². The third-order valence-corrected chi connectivity index (χ3v) is 4.32. The van der Waals surface area contributed by atoms with Crippen LogP contribution in [0.2, 0.25) is 0 Å². The fourth-order valence-corrected chi connectivity index (χ4v) is 2.93. The highest BCUT2D eigenvalue weighted by molar-refractivity contribution is 6.15. The second kappa shape index (κ2) is 7.31. The van der Waals surface area contributed by atoms with Gasteiger partial charge in [-0.05, 0) is 48.3 Å². The normalized spacial score (nSPS) is 16.6. The van der Waals surface area contributed by atoms with E-state index in [1.807, 2.05) is 0 Å². The topological polar surface area (TPSA) is 144 Å². The second-order valence-electron chi connectivity index (χ2n) is 6.18. The van der Waals surface area contributed by atoms with E-state index < -0.39 is 32.7 Å². The lowest BCUT2D eigenvalue weighted by Crippen LogP contribution is -1.96. The number of phenols is 2. The fourth-order valence-electron chi connectivity index (χ4n) is 2.93. The van der Waals surface area contributed by atoms with Crippen molar-refractivity contribution in [2.75, 3.05) is 0 Å². The Bertz CT molecular complexity index is 986. The first-order valence-electron chi connectivity index (χ1n) is 8.17. The van der Waals surface area contributed by atoms with Gasteiger partial charge < -0.3 is 10.2 Å². The van der Waals surface area contributed by atoms with Crippen LogP contribution in [0, 0.1) is 20.2 Å². The van der Waals surface area contributed by atoms with Gasteiger partial charge in [-0.15, -0.1) is 0 Å². The maximum atomic E-state index is 12.6. The quantitative estimate of drug-likeness (QED) is 0.465. The summed E-state index contributed by atoms with van der Waals surface area (Å²) in [5.41, 5.74) is 0.807. The molecule has 142 valence electrons. The van der Waals surface area contributed by atoms with Gasteiger partial charge in [0.1, 0.15) is 0 Å². The summed E-state index contributed by atoms with van der Waals surface area (Å²) < 4.78 is 0. The maximum absolute atomic E-state index is 12.6. The van der Waals surface area contributed by atoms with E-state index in [1.165, 1.54) is 48.6 Å². The van der Waals surface area contributed by atoms with Gasteiger partial charge in [0.25, 0.3) is 0 Å². The molecule has 1 aliphatic carbocycles. The molecule has 28 heavy (non-hydrogen) atoms. The van der Waals surface area contributed by atoms with E-state index in [-0.39, 0.29) is 5.78 Å². The van der Waals surface area contributed by atoms with E-state index in [9.17, 15) is 35.2 Å². The van der Waals surface area contributed by atoms with Gasteiger partial charge in [-0.3, -0.25) is 25.0 Å². The highest BCUT2D eigenvalue weighted by atomic mass is 16.6. The first-order valence-corrected chi connectivity index (χ1v) is 8.17. The van der Waals surface area contributed by atoms with Gasteiger partial charge in [-0.1, -0.05) is 12.1 Å². The summed E-state index contributed by atoms with van der Waals surface area (Å²) in [5.74, 6) is -1.18. The van der Waals surface area contributed by atoms with Crippen LogP contribution in [0.25, 0.3) is 12.2 Å². The highest BCUT2D eigenvalue weighted by Crippen LogP contribution is 2.33. The average molecular weight is 382 g/mol. The molecular formula is C19H14N2O7. The zero-order chi connectivity index (χ0) is 20.4. The first kappa shape index (κ1) is 18.8. The van der Waals surface area contributed by atoms with Crippen molar-refractivity contribution in [3.63, 3.8) is 0 Å². The Morgan fingerprint density at radius 3 is 1.54 bits per heavy atom. The molecule has 2 N–H and O–H groups in total. The number of rotatable bonds is 4. The molecule has 0 unspecified atom stereocenters. The number of carbonyl (C=O) groups excluding carboxylic acids is 1. The summed E-state index contributed by atoms with van der Waals surface area (Å²) in [5, 5.41) is 40.8. The van der Waals surface area contributed by atoms with E-state index >= 15 is 0 Å². The Hall–Kier alpha value is -4.01. The number of nitrogens with zero attached hydrogens (tertiary/aromatic N) is 2. The molecule has 0 saturated heterocycles. The SMILES string of the molecule is O=C1/C(=C\c2ccc(O)c([N+](=O)[O-])c2)CC/C1=C/c1ccc(O)c([N+](=O)[O-])c1. The number of hydrogen-bond acceptors (Lipinski definition) is 7. The van der Waals surface area contributed by atoms with Crippen LogP contribution in [0.3, 0.4) is 0 Å². The number of nitro groups is 2. The molecule has 3 rings (SSSR count). The van der Waals surface area contributed by atoms with Gasteiger partial charge in [0.2, 0.25) is 0 Å². The molecule has 0 radical (unpaired) electrons. The molecule has 9 heteroatoms. The predicted octanol–water partition coefficient (Wildman–Crippen LogP) is 3.74. The van der Waals surface area contributed by atoms with Crippen molar-refractivity contribution in [1.29, 1.82) is 0 Å². The lowest BCUT2D eigenvalue weighted by atomic mass is 10.1. The van der Waals surface area contributed by atoms with Gasteiger partial charge in [0.15, 0.2) is 17.3 Å². The third-order valence-electron chi connectivity index (χ3n) is 4.32. The van der Waals surface area contributed by atoms with Crippen molar-refractivity contribution in [3.05, 3.63) is 78.9 Å². The van der Waals surface area contributed by atoms with Gasteiger partial charge in [0.05, 0.1) is 9.85 Å². The molecule has 0 aliphatic heterocycles. The molecule has 0 amide bonds. The number of Topliss-reactive ketones (excluding diaryl/α,β-unsaturated/α-hetero) is 1. The Morgan fingerprint density at radius 1 is 0.786 bits per heavy atom. The highest BCUT2D eigenvalue weighted by Gasteiger charge is 2.24. The second-order valence-corrected chi connectivity index (χ2v) is 6.18. The van der Waals surface area contributed by atoms with Gasteiger partial charge in [-0.25, -0.2) is 0 Å². The van der Waals surface area contributed by atoms with Gasteiger partial charge in [0, 0.05) is 23.3 Å². The van der Waals surface area contributed by atoms with Crippen LogP contribution < -0.4 is 0 Å². The number of carbonyl (C=O) groups is 1. The summed E-state index contributed by atoms with van der Waals surface area (Å²) in [6.45, 7) is 0. The number of ketones is 1. The lowest BCUT2D eigenvalue weighted by molar-refractivity contribution is -0.386. The number of benzene rings is 2. The zero-order valence-corrected chi connectivity index (χ0v) is 14.4. The molecule has 1 aliphatic rings. The van der Waals surface area contributed by atoms with Crippen LogP contribution in [-0.2, 0) is 4.79 Å². The van der Waals surface area contributed by atoms with Crippen molar-refractivity contribution < 1.29 is 24.9 Å². The molecule has 0 aromatic heterocycles. The van der Waals surface area contributed by atoms with Crippen LogP contribution in [0.5, 0.6) is 11.5 Å². The standard InChI is InChI=1S/C19H14N2O7/c22-17-5-1-11(9-15(17)20(25)26)7-13-3-4-14(19(13)24)8-12-2-6-18(23)16(10-12)21(27)28/h1-2,5-10,22-23H,3-4H2/b13-7-,14-8-. The minimum absolute atomic E-state index is 0.258. The molecule has 0 bridgehead atoms. The first-order chi connectivity index (χ1) is 13.3. The Morgan fingerprint density at radius 2 is 1.18 bits per heavy atom. The van der Waals surface area contributed by atoms with Crippen molar-refractivity contribution in [3.8, 4) is 11.5 Å². The minimum Gasteiger partial charge on any atom is -0.502 e. The molecule has 0 heterocycles. The fraction of sp³-hybridized carbons (Fsp3) is 0.105. The summed E-state index contributed by atoms with van der Waals surface area (Å²) >= 11 is 0. The molecule has 0 spiro atoms. The monoisotopic (exact) mass is 382 g/mol. The molecule has 2 aromatic carbocycles. The molecule has 1 saturated carbocycles. The van der Waals surface area contributed by atoms with E-state index in [0.29, 0.717) is 35.1 Å². The Balaban J connectivity index is 1.89. The number of hydrogen-bond donors (Lipinski definition) is 2. The van der Waals surface area contributed by atoms with Crippen LogP contribution in [0.1, 0.15) is 24.0 Å². The summed E-state index contributed by atoms with van der Waals surface area (Å²) in [6.07, 6.45) is 3.88. The van der Waals surface area contributed by atoms with E-state index in [2.05, 4.69) is 0 Å². The van der Waals surface area contributed by atoms with Crippen molar-refractivity contribution >= 4 is 29.3 Å². The molecular weight excluding hydrogens is 368 g/mol. The van der Waals surface area contributed by atoms with Crippen molar-refractivity contribution in [2.45, 2.75) is 12.8 Å². The van der Waals surface area contributed by atoms with Crippen LogP contribution >= 0.6 is 0 Å². The van der Waals surface area contributed by atoms with Crippen LogP contribution in [0.4, 0.5) is 11.4 Å². The summed E-state index contributed by atoms with van der Waals surface area (Å²) in [7, 11) is 0. The Labute approximate surface area is 158 Å². The van der Waals surface area contributed by atoms with Crippen LogP contribution in [0.15, 0.2) is 47.5 Å².